The van der Waals surface area contributed by atoms with Crippen molar-refractivity contribution in [3.63, 3.8) is 0 Å². The van der Waals surface area contributed by atoms with Crippen molar-refractivity contribution < 1.29 is 33.0 Å². The molecule has 5 aromatic rings. The van der Waals surface area contributed by atoms with Crippen molar-refractivity contribution >= 4 is 34.2 Å². The Bertz CT molecular complexity index is 1830. The number of fused-ring (bicyclic) bond motifs is 1. The molecule has 0 saturated carbocycles. The summed E-state index contributed by atoms with van der Waals surface area (Å²) in [6.45, 7) is 1.19. The Morgan fingerprint density at radius 1 is 1.10 bits per heavy atom. The average molecular weight is 591 g/mol. The molecular weight excluding hydrogens is 566 g/mol. The lowest BCUT2D eigenvalue weighted by Crippen LogP contribution is -2.31. The lowest BCUT2D eigenvalue weighted by atomic mass is 10.0. The monoisotopic (exact) mass is 590 g/mol. The molecule has 3 aromatic heterocycles. The Hall–Kier alpha value is -4.68. The summed E-state index contributed by atoms with van der Waals surface area (Å²) in [6, 6.07) is 14.9. The van der Waals surface area contributed by atoms with Gasteiger partial charge in [0.05, 0.1) is 39.8 Å². The second-order valence-electron chi connectivity index (χ2n) is 9.81. The molecule has 214 valence electrons. The van der Waals surface area contributed by atoms with Gasteiger partial charge in [0.1, 0.15) is 24.1 Å². The van der Waals surface area contributed by atoms with Crippen molar-refractivity contribution in [2.75, 3.05) is 6.61 Å². The minimum absolute atomic E-state index is 0.0163. The van der Waals surface area contributed by atoms with Crippen LogP contribution >= 0.6 is 11.3 Å². The number of carboxylic acids is 1. The third kappa shape index (κ3) is 5.58. The highest BCUT2D eigenvalue weighted by atomic mass is 32.1. The van der Waals surface area contributed by atoms with Crippen LogP contribution in [0.25, 0.3) is 22.3 Å². The number of aromatic carboxylic acids is 1. The summed E-state index contributed by atoms with van der Waals surface area (Å²) in [6.07, 6.45) is 0.758. The van der Waals surface area contributed by atoms with E-state index < -0.39 is 23.5 Å². The maximum atomic E-state index is 15.4. The van der Waals surface area contributed by atoms with Gasteiger partial charge < -0.3 is 24.9 Å². The maximum Gasteiger partial charge on any atom is 0.335 e. The van der Waals surface area contributed by atoms with Gasteiger partial charge in [-0.05, 0) is 60.5 Å². The second kappa shape index (κ2) is 11.3. The van der Waals surface area contributed by atoms with Crippen LogP contribution < -0.4 is 10.5 Å². The van der Waals surface area contributed by atoms with Crippen molar-refractivity contribution in [3.05, 3.63) is 99.0 Å². The molecule has 1 amide bonds. The van der Waals surface area contributed by atoms with Crippen molar-refractivity contribution in [1.29, 1.82) is 0 Å². The Labute approximate surface area is 242 Å². The molecule has 2 aromatic carbocycles. The van der Waals surface area contributed by atoms with Crippen LogP contribution in [0.1, 0.15) is 42.7 Å². The molecule has 1 fully saturated rings. The van der Waals surface area contributed by atoms with E-state index >= 15 is 8.78 Å². The zero-order valence-corrected chi connectivity index (χ0v) is 22.9. The van der Waals surface area contributed by atoms with E-state index in [1.165, 1.54) is 23.5 Å². The van der Waals surface area contributed by atoms with Gasteiger partial charge in [0.2, 0.25) is 5.88 Å². The zero-order valence-electron chi connectivity index (χ0n) is 22.0. The van der Waals surface area contributed by atoms with Gasteiger partial charge in [-0.25, -0.2) is 23.5 Å². The first-order valence-electron chi connectivity index (χ1n) is 13.1. The first-order chi connectivity index (χ1) is 20.2. The molecule has 0 unspecified atom stereocenters. The van der Waals surface area contributed by atoms with E-state index in [1.54, 1.807) is 36.4 Å². The van der Waals surface area contributed by atoms with E-state index in [9.17, 15) is 14.7 Å². The molecule has 3 N–H and O–H groups in total. The number of carbonyl (C=O) groups excluding carboxylic acids is 1. The van der Waals surface area contributed by atoms with E-state index in [0.717, 1.165) is 23.4 Å². The number of carboxylic acid groups (broad SMARTS) is 1. The Balaban J connectivity index is 1.26. The summed E-state index contributed by atoms with van der Waals surface area (Å²) in [5.74, 6) is -2.22. The average Bonchev–Trinajstić information content (AvgIpc) is 3.56. The molecule has 6 rings (SSSR count). The largest absolute Gasteiger partial charge is 0.478 e. The highest BCUT2D eigenvalue weighted by molar-refractivity contribution is 7.14. The van der Waals surface area contributed by atoms with Crippen LogP contribution in [-0.2, 0) is 24.3 Å². The lowest BCUT2D eigenvalue weighted by Gasteiger charge is -2.27. The number of rotatable bonds is 10. The molecule has 1 saturated heterocycles. The van der Waals surface area contributed by atoms with Crippen LogP contribution in [0.4, 0.5) is 8.78 Å². The number of thiophene rings is 1. The fourth-order valence-electron chi connectivity index (χ4n) is 4.74. The number of benzene rings is 2. The Kier molecular flexibility index (Phi) is 7.40. The number of hydrogen-bond donors (Lipinski definition) is 2. The first kappa shape index (κ1) is 27.5. The second-order valence-corrected chi connectivity index (χ2v) is 11.0. The van der Waals surface area contributed by atoms with Crippen LogP contribution in [0.2, 0.25) is 0 Å². The molecule has 1 atom stereocenters. The van der Waals surface area contributed by atoms with Crippen molar-refractivity contribution in [3.8, 4) is 17.1 Å². The minimum atomic E-state index is -1.07. The fraction of sp³-hybridized carbons (Fsp3) is 0.200. The molecular formula is C30H24F2N4O5S. The molecule has 42 heavy (non-hydrogen) atoms. The SMILES string of the molecule is NC(=O)c1ccc(COc2cccc(-c3cc(F)c(Cc4nc5ccc(C(=O)O)cc5n4C[C@@H]4CCO4)cc3F)n2)s1. The van der Waals surface area contributed by atoms with Crippen molar-refractivity contribution in [2.45, 2.75) is 32.1 Å². The minimum Gasteiger partial charge on any atom is -0.478 e. The van der Waals surface area contributed by atoms with E-state index in [4.69, 9.17) is 15.2 Å². The molecule has 9 nitrogen and oxygen atoms in total. The van der Waals surface area contributed by atoms with Gasteiger partial charge in [-0.15, -0.1) is 11.3 Å². The Morgan fingerprint density at radius 3 is 2.64 bits per heavy atom. The standard InChI is InChI=1S/C30H24F2N4O5S/c31-21-13-20(23-2-1-3-28(35-23)41-15-19-5-7-26(42-19)29(33)37)22(32)10-17(21)12-27-34-24-6-4-16(30(38)39)11-25(24)36(27)14-18-8-9-40-18/h1-7,10-11,13,18H,8-9,12,14-15H2,(H2,33,37)(H,38,39)/t18-/m0/s1. The van der Waals surface area contributed by atoms with Gasteiger partial charge >= 0.3 is 5.97 Å². The maximum absolute atomic E-state index is 15.4. The Morgan fingerprint density at radius 2 is 1.93 bits per heavy atom. The first-order valence-corrected chi connectivity index (χ1v) is 13.9. The number of carbonyl (C=O) groups is 2. The van der Waals surface area contributed by atoms with Crippen LogP contribution in [0.15, 0.2) is 60.7 Å². The predicted octanol–water partition coefficient (Wildman–Crippen LogP) is 5.19. The highest BCUT2D eigenvalue weighted by Gasteiger charge is 2.24. The molecule has 0 aliphatic carbocycles. The number of imidazole rings is 1. The lowest BCUT2D eigenvalue weighted by molar-refractivity contribution is -0.0589. The van der Waals surface area contributed by atoms with Crippen LogP contribution in [-0.4, -0.2) is 44.2 Å². The van der Waals surface area contributed by atoms with Crippen molar-refractivity contribution in [2.24, 2.45) is 5.73 Å². The van der Waals surface area contributed by atoms with Gasteiger partial charge in [-0.2, -0.15) is 0 Å². The molecule has 12 heteroatoms. The van der Waals surface area contributed by atoms with Crippen LogP contribution in [0.3, 0.4) is 0 Å². The van der Waals surface area contributed by atoms with Gasteiger partial charge in [0, 0.05) is 29.5 Å². The molecule has 1 aliphatic rings. The summed E-state index contributed by atoms with van der Waals surface area (Å²) in [4.78, 5) is 33.0. The number of halogens is 2. The highest BCUT2D eigenvalue weighted by Crippen LogP contribution is 2.29. The van der Waals surface area contributed by atoms with Gasteiger partial charge in [0.25, 0.3) is 5.91 Å². The van der Waals surface area contributed by atoms with Gasteiger partial charge in [0.15, 0.2) is 0 Å². The quantitative estimate of drug-likeness (QED) is 0.229. The number of ether oxygens (including phenoxy) is 2. The smallest absolute Gasteiger partial charge is 0.335 e. The summed E-state index contributed by atoms with van der Waals surface area (Å²) in [5, 5.41) is 9.45. The van der Waals surface area contributed by atoms with Crippen LogP contribution in [0.5, 0.6) is 5.88 Å². The number of aromatic nitrogens is 3. The topological polar surface area (TPSA) is 130 Å². The molecule has 1 aliphatic heterocycles. The number of primary amides is 1. The fourth-order valence-corrected chi connectivity index (χ4v) is 5.52. The predicted molar refractivity (Wildman–Crippen MR) is 151 cm³/mol. The third-order valence-corrected chi connectivity index (χ3v) is 8.08. The third-order valence-electron chi connectivity index (χ3n) is 7.00. The molecule has 4 heterocycles. The van der Waals surface area contributed by atoms with Gasteiger partial charge in [-0.1, -0.05) is 6.07 Å². The van der Waals surface area contributed by atoms with E-state index in [1.807, 2.05) is 4.57 Å². The van der Waals surface area contributed by atoms with E-state index in [0.29, 0.717) is 34.9 Å². The van der Waals surface area contributed by atoms with Gasteiger partial charge in [-0.3, -0.25) is 4.79 Å². The van der Waals surface area contributed by atoms with E-state index in [2.05, 4.69) is 9.97 Å². The normalized spacial score (nSPS) is 14.6. The van der Waals surface area contributed by atoms with Crippen LogP contribution in [0, 0.1) is 11.6 Å². The molecule has 0 spiro atoms. The summed E-state index contributed by atoms with van der Waals surface area (Å²) in [5.41, 5.74) is 6.80. The van der Waals surface area contributed by atoms with Crippen molar-refractivity contribution in [1.82, 2.24) is 14.5 Å². The molecule has 0 radical (unpaired) electrons. The number of nitrogens with zero attached hydrogens (tertiary/aromatic N) is 3. The number of pyridine rings is 1. The summed E-state index contributed by atoms with van der Waals surface area (Å²) in [7, 11) is 0. The molecule has 0 bridgehead atoms. The van der Waals surface area contributed by atoms with E-state index in [-0.39, 0.29) is 47.4 Å². The summed E-state index contributed by atoms with van der Waals surface area (Å²) >= 11 is 1.20. The number of nitrogens with two attached hydrogens (primary N) is 1. The number of amides is 1. The zero-order chi connectivity index (χ0) is 29.4. The summed E-state index contributed by atoms with van der Waals surface area (Å²) < 4.78 is 43.9. The number of hydrogen-bond acceptors (Lipinski definition) is 7.